The van der Waals surface area contributed by atoms with Gasteiger partial charge in [0.1, 0.15) is 11.6 Å². The predicted molar refractivity (Wildman–Crippen MR) is 98.1 cm³/mol. The van der Waals surface area contributed by atoms with Crippen LogP contribution in [-0.4, -0.2) is 61.1 Å². The topological polar surface area (TPSA) is 83.6 Å². The van der Waals surface area contributed by atoms with E-state index in [2.05, 4.69) is 20.5 Å². The lowest BCUT2D eigenvalue weighted by molar-refractivity contribution is 0.0383. The third kappa shape index (κ3) is 5.30. The minimum atomic E-state index is -0.890. The van der Waals surface area contributed by atoms with Gasteiger partial charge in [-0.15, -0.1) is 0 Å². The number of ether oxygens (including phenoxy) is 1. The molecule has 2 heterocycles. The number of amides is 2. The van der Waals surface area contributed by atoms with Crippen LogP contribution in [0, 0.1) is 11.6 Å². The van der Waals surface area contributed by atoms with E-state index < -0.39 is 17.5 Å². The molecule has 3 rings (SSSR count). The normalized spacial score (nSPS) is 14.5. The van der Waals surface area contributed by atoms with Gasteiger partial charge in [-0.1, -0.05) is 0 Å². The Morgan fingerprint density at radius 2 is 1.79 bits per heavy atom. The van der Waals surface area contributed by atoms with Gasteiger partial charge in [-0.2, -0.15) is 0 Å². The summed E-state index contributed by atoms with van der Waals surface area (Å²) in [5.41, 5.74) is 0.144. The summed E-state index contributed by atoms with van der Waals surface area (Å²) >= 11 is 0. The number of nitrogens with one attached hydrogen (secondary N) is 2. The number of aromatic nitrogens is 1. The van der Waals surface area contributed by atoms with Crippen molar-refractivity contribution in [2.24, 2.45) is 0 Å². The molecule has 0 saturated carbocycles. The fourth-order valence-corrected chi connectivity index (χ4v) is 2.73. The fraction of sp³-hybridized carbons (Fsp3) is 0.316. The molecule has 2 aromatic rings. The van der Waals surface area contributed by atoms with Crippen molar-refractivity contribution in [2.45, 2.75) is 0 Å². The fourth-order valence-electron chi connectivity index (χ4n) is 2.73. The van der Waals surface area contributed by atoms with Crippen LogP contribution >= 0.6 is 0 Å². The molecule has 0 unspecified atom stereocenters. The van der Waals surface area contributed by atoms with Crippen LogP contribution in [0.5, 0.6) is 0 Å². The van der Waals surface area contributed by atoms with Crippen LogP contribution in [-0.2, 0) is 4.74 Å². The van der Waals surface area contributed by atoms with E-state index in [1.54, 1.807) is 0 Å². The van der Waals surface area contributed by atoms with Gasteiger partial charge in [-0.3, -0.25) is 19.5 Å². The zero-order valence-corrected chi connectivity index (χ0v) is 15.1. The highest BCUT2D eigenvalue weighted by atomic mass is 19.1. The molecule has 0 spiro atoms. The van der Waals surface area contributed by atoms with E-state index in [1.807, 2.05) is 0 Å². The van der Waals surface area contributed by atoms with Crippen molar-refractivity contribution in [3.63, 3.8) is 0 Å². The number of hydrogen-bond acceptors (Lipinski definition) is 5. The predicted octanol–water partition coefficient (Wildman–Crippen LogP) is 1.67. The zero-order chi connectivity index (χ0) is 19.9. The Kier molecular flexibility index (Phi) is 6.62. The summed E-state index contributed by atoms with van der Waals surface area (Å²) in [6.07, 6.45) is 2.61. The number of benzene rings is 1. The van der Waals surface area contributed by atoms with Crippen molar-refractivity contribution in [1.82, 2.24) is 15.2 Å². The molecule has 9 heteroatoms. The smallest absolute Gasteiger partial charge is 0.257 e. The molecule has 1 aromatic heterocycles. The number of nitrogens with zero attached hydrogens (tertiary/aromatic N) is 2. The van der Waals surface area contributed by atoms with E-state index in [0.29, 0.717) is 32.4 Å². The van der Waals surface area contributed by atoms with Gasteiger partial charge >= 0.3 is 0 Å². The molecule has 2 amide bonds. The summed E-state index contributed by atoms with van der Waals surface area (Å²) in [6, 6.07) is 4.20. The molecule has 1 aliphatic rings. The number of anilines is 1. The first-order valence-electron chi connectivity index (χ1n) is 8.82. The summed E-state index contributed by atoms with van der Waals surface area (Å²) in [5, 5.41) is 5.12. The van der Waals surface area contributed by atoms with E-state index in [0.717, 1.165) is 25.2 Å². The molecule has 7 nitrogen and oxygen atoms in total. The number of halogens is 2. The van der Waals surface area contributed by atoms with Gasteiger partial charge in [0.2, 0.25) is 0 Å². The lowest BCUT2D eigenvalue weighted by Gasteiger charge is -2.26. The molecule has 0 aliphatic carbocycles. The van der Waals surface area contributed by atoms with Gasteiger partial charge in [-0.25, -0.2) is 8.78 Å². The molecule has 1 aromatic carbocycles. The standard InChI is InChI=1S/C19H20F2N4O3/c20-15-1-2-17(16(21)10-15)24-19(27)14-9-13(11-22-12-14)18(26)23-3-4-25-5-7-28-8-6-25/h1-2,9-12H,3-8H2,(H,23,26)(H,24,27). The number of pyridine rings is 1. The van der Waals surface area contributed by atoms with Crippen LogP contribution < -0.4 is 10.6 Å². The van der Waals surface area contributed by atoms with Gasteiger partial charge in [0.25, 0.3) is 11.8 Å². The Bertz CT molecular complexity index is 857. The maximum Gasteiger partial charge on any atom is 0.257 e. The number of carbonyl (C=O) groups excluding carboxylic acids is 2. The van der Waals surface area contributed by atoms with Gasteiger partial charge in [0.05, 0.1) is 30.0 Å². The van der Waals surface area contributed by atoms with Crippen LogP contribution in [0.4, 0.5) is 14.5 Å². The quantitative estimate of drug-likeness (QED) is 0.784. The number of rotatable bonds is 6. The Morgan fingerprint density at radius 3 is 2.50 bits per heavy atom. The first-order chi connectivity index (χ1) is 13.5. The molecule has 148 valence electrons. The second kappa shape index (κ2) is 9.34. The van der Waals surface area contributed by atoms with Crippen LogP contribution in [0.15, 0.2) is 36.7 Å². The summed E-state index contributed by atoms with van der Waals surface area (Å²) < 4.78 is 31.9. The maximum absolute atomic E-state index is 13.7. The van der Waals surface area contributed by atoms with Crippen molar-refractivity contribution in [2.75, 3.05) is 44.7 Å². The summed E-state index contributed by atoms with van der Waals surface area (Å²) in [6.45, 7) is 4.18. The second-order valence-electron chi connectivity index (χ2n) is 6.25. The highest BCUT2D eigenvalue weighted by Gasteiger charge is 2.14. The minimum Gasteiger partial charge on any atom is -0.379 e. The van der Waals surface area contributed by atoms with E-state index in [9.17, 15) is 18.4 Å². The Morgan fingerprint density at radius 1 is 1.07 bits per heavy atom. The Labute approximate surface area is 160 Å². The summed E-state index contributed by atoms with van der Waals surface area (Å²) in [4.78, 5) is 30.7. The van der Waals surface area contributed by atoms with Gasteiger partial charge in [-0.05, 0) is 18.2 Å². The SMILES string of the molecule is O=C(NCCN1CCOCC1)c1cncc(C(=O)Nc2ccc(F)cc2F)c1. The van der Waals surface area contributed by atoms with Gasteiger partial charge in [0.15, 0.2) is 0 Å². The largest absolute Gasteiger partial charge is 0.379 e. The molecular weight excluding hydrogens is 370 g/mol. The first-order valence-corrected chi connectivity index (χ1v) is 8.82. The molecule has 1 saturated heterocycles. The third-order valence-corrected chi connectivity index (χ3v) is 4.26. The molecule has 0 bridgehead atoms. The molecule has 28 heavy (non-hydrogen) atoms. The number of morpholine rings is 1. The van der Waals surface area contributed by atoms with Crippen molar-refractivity contribution in [3.05, 3.63) is 59.4 Å². The molecule has 1 fully saturated rings. The highest BCUT2D eigenvalue weighted by Crippen LogP contribution is 2.16. The van der Waals surface area contributed by atoms with E-state index in [1.165, 1.54) is 18.5 Å². The maximum atomic E-state index is 13.7. The Balaban J connectivity index is 1.57. The number of hydrogen-bond donors (Lipinski definition) is 2. The average Bonchev–Trinajstić information content (AvgIpc) is 2.71. The van der Waals surface area contributed by atoms with Crippen molar-refractivity contribution in [1.29, 1.82) is 0 Å². The van der Waals surface area contributed by atoms with Gasteiger partial charge < -0.3 is 15.4 Å². The van der Waals surface area contributed by atoms with Crippen molar-refractivity contribution < 1.29 is 23.1 Å². The lowest BCUT2D eigenvalue weighted by atomic mass is 10.1. The molecule has 1 aliphatic heterocycles. The molecular formula is C19H20F2N4O3. The average molecular weight is 390 g/mol. The third-order valence-electron chi connectivity index (χ3n) is 4.26. The van der Waals surface area contributed by atoms with E-state index >= 15 is 0 Å². The summed E-state index contributed by atoms with van der Waals surface area (Å²) in [7, 11) is 0. The van der Waals surface area contributed by atoms with Crippen LogP contribution in [0.3, 0.4) is 0 Å². The van der Waals surface area contributed by atoms with E-state index in [-0.39, 0.29) is 22.7 Å². The monoisotopic (exact) mass is 390 g/mol. The molecule has 2 N–H and O–H groups in total. The lowest BCUT2D eigenvalue weighted by Crippen LogP contribution is -2.41. The second-order valence-corrected chi connectivity index (χ2v) is 6.25. The van der Waals surface area contributed by atoms with E-state index in [4.69, 9.17) is 4.74 Å². The van der Waals surface area contributed by atoms with Gasteiger partial charge in [0, 0.05) is 44.6 Å². The molecule has 0 radical (unpaired) electrons. The highest BCUT2D eigenvalue weighted by molar-refractivity contribution is 6.05. The van der Waals surface area contributed by atoms with Crippen molar-refractivity contribution in [3.8, 4) is 0 Å². The van der Waals surface area contributed by atoms with Crippen molar-refractivity contribution >= 4 is 17.5 Å². The van der Waals surface area contributed by atoms with Crippen LogP contribution in [0.2, 0.25) is 0 Å². The summed E-state index contributed by atoms with van der Waals surface area (Å²) in [5.74, 6) is -2.64. The zero-order valence-electron chi connectivity index (χ0n) is 15.1. The Hall–Kier alpha value is -2.91. The molecule has 0 atom stereocenters. The van der Waals surface area contributed by atoms with Crippen LogP contribution in [0.25, 0.3) is 0 Å². The first kappa shape index (κ1) is 19.8. The van der Waals surface area contributed by atoms with Crippen LogP contribution in [0.1, 0.15) is 20.7 Å². The minimum absolute atomic E-state index is 0.0876. The number of carbonyl (C=O) groups is 2.